The van der Waals surface area contributed by atoms with Gasteiger partial charge in [-0.3, -0.25) is 19.8 Å². The lowest BCUT2D eigenvalue weighted by Crippen LogP contribution is -2.56. The van der Waals surface area contributed by atoms with Crippen LogP contribution >= 0.6 is 23.2 Å². The lowest BCUT2D eigenvalue weighted by atomic mass is 9.73. The van der Waals surface area contributed by atoms with E-state index in [9.17, 15) is 20.0 Å². The van der Waals surface area contributed by atoms with E-state index in [-0.39, 0.29) is 16.6 Å². The molecule has 2 aromatic carbocycles. The molecule has 3 aliphatic rings. The van der Waals surface area contributed by atoms with Gasteiger partial charge in [0.2, 0.25) is 6.04 Å². The van der Waals surface area contributed by atoms with Gasteiger partial charge in [0.15, 0.2) is 0 Å². The zero-order valence-corrected chi connectivity index (χ0v) is 19.0. The van der Waals surface area contributed by atoms with Crippen LogP contribution in [0.3, 0.4) is 0 Å². The number of carbonyl (C=O) groups is 1. The first-order valence-electron chi connectivity index (χ1n) is 10.9. The molecule has 1 saturated heterocycles. The van der Waals surface area contributed by atoms with E-state index in [4.69, 9.17) is 23.2 Å². The Bertz CT molecular complexity index is 1140. The fourth-order valence-electron chi connectivity index (χ4n) is 6.28. The van der Waals surface area contributed by atoms with Crippen LogP contribution in [0.1, 0.15) is 42.7 Å². The molecular weight excluding hydrogens is 472 g/mol. The summed E-state index contributed by atoms with van der Waals surface area (Å²) in [4.78, 5) is 27.7. The minimum Gasteiger partial charge on any atom is -0.394 e. The number of rotatable bonds is 4. The van der Waals surface area contributed by atoms with E-state index in [0.717, 1.165) is 25.7 Å². The van der Waals surface area contributed by atoms with Crippen molar-refractivity contribution in [2.45, 2.75) is 55.3 Å². The fraction of sp³-hybridized carbons (Fsp3) is 0.435. The molecule has 4 atom stereocenters. The van der Waals surface area contributed by atoms with E-state index >= 15 is 4.39 Å². The van der Waals surface area contributed by atoms with Crippen molar-refractivity contribution in [1.82, 2.24) is 4.90 Å². The molecule has 33 heavy (non-hydrogen) atoms. The van der Waals surface area contributed by atoms with E-state index < -0.39 is 46.8 Å². The Morgan fingerprint density at radius 1 is 1.24 bits per heavy atom. The van der Waals surface area contributed by atoms with Crippen molar-refractivity contribution >= 4 is 34.8 Å². The molecule has 0 radical (unpaired) electrons. The highest BCUT2D eigenvalue weighted by Crippen LogP contribution is 2.60. The third kappa shape index (κ3) is 3.11. The maximum absolute atomic E-state index is 15.4. The minimum atomic E-state index is -1.59. The van der Waals surface area contributed by atoms with Gasteiger partial charge in [-0.1, -0.05) is 54.2 Å². The Morgan fingerprint density at radius 3 is 2.64 bits per heavy atom. The molecule has 1 amide bonds. The van der Waals surface area contributed by atoms with Gasteiger partial charge in [0, 0.05) is 32.8 Å². The molecule has 2 heterocycles. The Hall–Kier alpha value is -2.26. The number of fused-ring (bicyclic) bond motifs is 2. The van der Waals surface area contributed by atoms with Crippen LogP contribution in [-0.2, 0) is 10.3 Å². The number of nitrogens with zero attached hydrogens (tertiary/aromatic N) is 2. The van der Waals surface area contributed by atoms with Crippen molar-refractivity contribution in [2.24, 2.45) is 0 Å². The van der Waals surface area contributed by atoms with Gasteiger partial charge in [0.1, 0.15) is 17.4 Å². The van der Waals surface area contributed by atoms with Gasteiger partial charge in [0.25, 0.3) is 5.91 Å². The van der Waals surface area contributed by atoms with Crippen LogP contribution in [0.2, 0.25) is 10.0 Å². The van der Waals surface area contributed by atoms with Gasteiger partial charge in [-0.2, -0.15) is 0 Å². The van der Waals surface area contributed by atoms with E-state index in [1.807, 2.05) is 0 Å². The monoisotopic (exact) mass is 493 g/mol. The molecule has 2 aliphatic heterocycles. The predicted molar refractivity (Wildman–Crippen MR) is 122 cm³/mol. The molecule has 1 aliphatic carbocycles. The number of halogens is 3. The van der Waals surface area contributed by atoms with Crippen molar-refractivity contribution in [2.75, 3.05) is 11.9 Å². The molecule has 2 N–H and O–H groups in total. The maximum Gasteiger partial charge on any atom is 0.250 e. The summed E-state index contributed by atoms with van der Waals surface area (Å²) in [5.41, 5.74) is -0.674. The van der Waals surface area contributed by atoms with Crippen LogP contribution in [-0.4, -0.2) is 45.6 Å². The minimum absolute atomic E-state index is 0.0129. The second-order valence-corrected chi connectivity index (χ2v) is 9.75. The number of carbonyl (C=O) groups excluding carboxylic acids is 1. The number of anilines is 1. The molecule has 10 heteroatoms. The lowest BCUT2D eigenvalue weighted by Gasteiger charge is -2.42. The SMILES string of the molecule is O=C1Nc2cc(Cl)ccc2[C@@]12[C@@H](c1cccc(Cl)c1F)[C@H]([N+](=O)[O-])[C@H](CO)N2C1CCCC1. The number of nitro groups is 1. The second-order valence-electron chi connectivity index (χ2n) is 8.90. The van der Waals surface area contributed by atoms with Gasteiger partial charge in [-0.15, -0.1) is 0 Å². The number of aliphatic hydroxyl groups is 1. The first-order chi connectivity index (χ1) is 15.8. The highest BCUT2D eigenvalue weighted by atomic mass is 35.5. The Labute approximate surface area is 199 Å². The summed E-state index contributed by atoms with van der Waals surface area (Å²) in [7, 11) is 0. The van der Waals surface area contributed by atoms with Crippen LogP contribution in [0, 0.1) is 15.9 Å². The smallest absolute Gasteiger partial charge is 0.250 e. The number of hydrogen-bond donors (Lipinski definition) is 2. The lowest BCUT2D eigenvalue weighted by molar-refractivity contribution is -0.528. The van der Waals surface area contributed by atoms with Gasteiger partial charge >= 0.3 is 0 Å². The number of aliphatic hydroxyl groups excluding tert-OH is 1. The second kappa shape index (κ2) is 8.20. The summed E-state index contributed by atoms with van der Waals surface area (Å²) in [6, 6.07) is 6.61. The average molecular weight is 494 g/mol. The Morgan fingerprint density at radius 2 is 1.97 bits per heavy atom. The number of amides is 1. The van der Waals surface area contributed by atoms with E-state index in [1.54, 1.807) is 23.1 Å². The molecule has 1 saturated carbocycles. The summed E-state index contributed by atoms with van der Waals surface area (Å²) in [6.45, 7) is -0.543. The van der Waals surface area contributed by atoms with Crippen LogP contribution in [0.15, 0.2) is 36.4 Å². The van der Waals surface area contributed by atoms with Crippen molar-refractivity contribution in [3.05, 3.63) is 73.5 Å². The standard InChI is InChI=1S/C23H22Cl2FN3O4/c24-12-8-9-15-17(10-12)27-22(31)23(15)19(14-6-3-7-16(25)20(14)26)21(29(32)33)18(11-30)28(23)13-4-1-2-5-13/h3,6-10,13,18-19,21,30H,1-2,4-5,11H2,(H,27,31)/t18-,19-,21+,23+/m0/s1. The summed E-state index contributed by atoms with van der Waals surface area (Å²) in [5.74, 6) is -2.50. The summed E-state index contributed by atoms with van der Waals surface area (Å²) < 4.78 is 15.4. The van der Waals surface area contributed by atoms with Gasteiger partial charge < -0.3 is 10.4 Å². The Kier molecular flexibility index (Phi) is 5.60. The first-order valence-corrected chi connectivity index (χ1v) is 11.7. The Balaban J connectivity index is 1.86. The van der Waals surface area contributed by atoms with Crippen molar-refractivity contribution < 1.29 is 19.2 Å². The summed E-state index contributed by atoms with van der Waals surface area (Å²) in [6.07, 6.45) is 3.26. The highest BCUT2D eigenvalue weighted by Gasteiger charge is 2.72. The molecule has 2 fully saturated rings. The largest absolute Gasteiger partial charge is 0.394 e. The third-order valence-electron chi connectivity index (χ3n) is 7.40. The molecule has 2 aromatic rings. The first kappa shape index (κ1) is 22.5. The molecule has 7 nitrogen and oxygen atoms in total. The molecule has 5 rings (SSSR count). The number of likely N-dealkylation sites (tertiary alicyclic amines) is 1. The maximum atomic E-state index is 15.4. The topological polar surface area (TPSA) is 95.7 Å². The highest BCUT2D eigenvalue weighted by molar-refractivity contribution is 6.31. The summed E-state index contributed by atoms with van der Waals surface area (Å²) >= 11 is 12.3. The van der Waals surface area contributed by atoms with Gasteiger partial charge in [0.05, 0.1) is 17.5 Å². The average Bonchev–Trinajstić information content (AvgIpc) is 3.46. The number of benzene rings is 2. The van der Waals surface area contributed by atoms with Crippen molar-refractivity contribution in [3.63, 3.8) is 0 Å². The molecule has 0 bridgehead atoms. The van der Waals surface area contributed by atoms with Crippen LogP contribution in [0.4, 0.5) is 10.1 Å². The van der Waals surface area contributed by atoms with Crippen molar-refractivity contribution in [1.29, 1.82) is 0 Å². The quantitative estimate of drug-likeness (QED) is 0.488. The van der Waals surface area contributed by atoms with E-state index in [0.29, 0.717) is 16.3 Å². The zero-order valence-electron chi connectivity index (χ0n) is 17.5. The van der Waals surface area contributed by atoms with E-state index in [1.165, 1.54) is 18.2 Å². The van der Waals surface area contributed by atoms with E-state index in [2.05, 4.69) is 5.32 Å². The van der Waals surface area contributed by atoms with Crippen LogP contribution < -0.4 is 5.32 Å². The summed E-state index contributed by atoms with van der Waals surface area (Å²) in [5, 5.41) is 25.9. The molecule has 1 spiro atoms. The zero-order chi connectivity index (χ0) is 23.5. The van der Waals surface area contributed by atoms with Crippen molar-refractivity contribution in [3.8, 4) is 0 Å². The number of nitrogens with one attached hydrogen (secondary N) is 1. The third-order valence-corrected chi connectivity index (χ3v) is 7.93. The van der Waals surface area contributed by atoms with Crippen LogP contribution in [0.25, 0.3) is 0 Å². The number of hydrogen-bond acceptors (Lipinski definition) is 5. The predicted octanol–water partition coefficient (Wildman–Crippen LogP) is 4.33. The molecule has 0 unspecified atom stereocenters. The molecular formula is C23H22Cl2FN3O4. The van der Waals surface area contributed by atoms with Gasteiger partial charge in [-0.05, 0) is 31.0 Å². The van der Waals surface area contributed by atoms with Crippen LogP contribution in [0.5, 0.6) is 0 Å². The normalized spacial score (nSPS) is 29.6. The van der Waals surface area contributed by atoms with Gasteiger partial charge in [-0.25, -0.2) is 4.39 Å². The molecule has 174 valence electrons. The fourth-order valence-corrected chi connectivity index (χ4v) is 6.64. The molecule has 0 aromatic heterocycles.